The number of aliphatic hydroxyl groups is 1. The summed E-state index contributed by atoms with van der Waals surface area (Å²) in [6.45, 7) is 0.168. The molecule has 3 heterocycles. The minimum absolute atomic E-state index is 0.168. The maximum Gasteiger partial charge on any atom is 0.255 e. The highest BCUT2D eigenvalue weighted by molar-refractivity contribution is 9.10. The van der Waals surface area contributed by atoms with Gasteiger partial charge in [0.15, 0.2) is 0 Å². The molecule has 11 heteroatoms. The zero-order valence-corrected chi connectivity index (χ0v) is 21.1. The van der Waals surface area contributed by atoms with E-state index < -0.39 is 24.1 Å². The Morgan fingerprint density at radius 2 is 1.69 bits per heavy atom. The van der Waals surface area contributed by atoms with E-state index in [1.54, 1.807) is 29.3 Å². The molecule has 10 nitrogen and oxygen atoms in total. The average molecular weight is 554 g/mol. The monoisotopic (exact) mass is 553 g/mol. The van der Waals surface area contributed by atoms with E-state index in [9.17, 15) is 14.7 Å². The highest BCUT2D eigenvalue weighted by Gasteiger charge is 2.54. The normalized spacial score (nSPS) is 22.1. The number of hydrogen-bond acceptors (Lipinski definition) is 8. The van der Waals surface area contributed by atoms with Gasteiger partial charge in [-0.25, -0.2) is 4.68 Å². The molecule has 2 amide bonds. The molecule has 0 bridgehead atoms. The number of nitrogens with zero attached hydrogens (tertiary/aromatic N) is 5. The van der Waals surface area contributed by atoms with Crippen molar-refractivity contribution in [2.45, 2.75) is 24.7 Å². The van der Waals surface area contributed by atoms with Gasteiger partial charge < -0.3 is 14.6 Å². The Labute approximate surface area is 215 Å². The first kappa shape index (κ1) is 24.0. The summed E-state index contributed by atoms with van der Waals surface area (Å²) >= 11 is 3.46. The van der Waals surface area contributed by atoms with E-state index in [1.807, 2.05) is 30.3 Å². The number of methoxy groups -OCH3 is 2. The Kier molecular flexibility index (Phi) is 6.50. The van der Waals surface area contributed by atoms with Crippen molar-refractivity contribution >= 4 is 27.7 Å². The molecule has 4 unspecified atom stereocenters. The third-order valence-corrected chi connectivity index (χ3v) is 7.14. The lowest BCUT2D eigenvalue weighted by molar-refractivity contribution is -0.139. The van der Waals surface area contributed by atoms with E-state index in [-0.39, 0.29) is 18.4 Å². The number of rotatable bonds is 7. The van der Waals surface area contributed by atoms with Crippen molar-refractivity contribution in [1.29, 1.82) is 0 Å². The standard InChI is InChI=1S/C25H24BrN5O5/c1-35-20-11-21(36-2)18(26)10-17(20)23(32)19-9-8-16-22(31(19)29-13-27-28-14-29)25(34)30(24(16)33)12-15-6-4-3-5-7-15/h3-11,13-14,16,19,22-23,32H,12H2,1-2H3. The molecule has 0 aliphatic carbocycles. The first-order valence-electron chi connectivity index (χ1n) is 11.2. The van der Waals surface area contributed by atoms with Crippen LogP contribution in [0.15, 0.2) is 71.7 Å². The molecule has 2 aliphatic rings. The van der Waals surface area contributed by atoms with Gasteiger partial charge in [0.05, 0.1) is 37.2 Å². The maximum atomic E-state index is 13.7. The van der Waals surface area contributed by atoms with Gasteiger partial charge in [-0.1, -0.05) is 42.5 Å². The molecular formula is C25H24BrN5O5. The number of fused-ring (bicyclic) bond motifs is 1. The number of ether oxygens (including phenoxy) is 2. The van der Waals surface area contributed by atoms with Crippen LogP contribution in [0.4, 0.5) is 0 Å². The molecule has 1 saturated heterocycles. The number of imide groups is 1. The smallest absolute Gasteiger partial charge is 0.255 e. The molecule has 0 spiro atoms. The Hall–Kier alpha value is -3.70. The highest BCUT2D eigenvalue weighted by atomic mass is 79.9. The number of aliphatic hydroxyl groups excluding tert-OH is 1. The Morgan fingerprint density at radius 3 is 2.36 bits per heavy atom. The van der Waals surface area contributed by atoms with Crippen LogP contribution >= 0.6 is 15.9 Å². The lowest BCUT2D eigenvalue weighted by Crippen LogP contribution is -2.58. The van der Waals surface area contributed by atoms with Crippen molar-refractivity contribution in [2.75, 3.05) is 19.2 Å². The third kappa shape index (κ3) is 4.03. The molecule has 5 rings (SSSR count). The second-order valence-corrected chi connectivity index (χ2v) is 9.34. The third-order valence-electron chi connectivity index (χ3n) is 6.52. The second-order valence-electron chi connectivity index (χ2n) is 8.49. The highest BCUT2D eigenvalue weighted by Crippen LogP contribution is 2.40. The fourth-order valence-electron chi connectivity index (χ4n) is 4.79. The number of amides is 2. The van der Waals surface area contributed by atoms with Crippen LogP contribution in [-0.4, -0.2) is 63.0 Å². The van der Waals surface area contributed by atoms with Crippen LogP contribution in [0.5, 0.6) is 11.5 Å². The summed E-state index contributed by atoms with van der Waals surface area (Å²) in [5.41, 5.74) is 1.33. The molecule has 1 aromatic heterocycles. The van der Waals surface area contributed by atoms with Crippen LogP contribution in [-0.2, 0) is 16.1 Å². The number of carbonyl (C=O) groups excluding carboxylic acids is 2. The van der Waals surface area contributed by atoms with Gasteiger partial charge in [-0.15, -0.1) is 10.2 Å². The average Bonchev–Trinajstić information content (AvgIpc) is 3.52. The summed E-state index contributed by atoms with van der Waals surface area (Å²) in [5, 5.41) is 21.0. The molecule has 3 aromatic rings. The van der Waals surface area contributed by atoms with Crippen molar-refractivity contribution in [3.05, 3.63) is 82.9 Å². The number of carbonyl (C=O) groups is 2. The predicted molar refractivity (Wildman–Crippen MR) is 133 cm³/mol. The summed E-state index contributed by atoms with van der Waals surface area (Å²) in [5.74, 6) is -0.392. The van der Waals surface area contributed by atoms with Crippen molar-refractivity contribution in [3.8, 4) is 11.5 Å². The van der Waals surface area contributed by atoms with E-state index in [2.05, 4.69) is 26.1 Å². The number of benzene rings is 2. The Balaban J connectivity index is 1.54. The Bertz CT molecular complexity index is 1300. The van der Waals surface area contributed by atoms with Gasteiger partial charge in [-0.2, -0.15) is 0 Å². The molecule has 186 valence electrons. The van der Waals surface area contributed by atoms with Crippen LogP contribution in [0.2, 0.25) is 0 Å². The van der Waals surface area contributed by atoms with Crippen molar-refractivity contribution in [1.82, 2.24) is 19.8 Å². The summed E-state index contributed by atoms with van der Waals surface area (Å²) in [6, 6.07) is 11.1. The molecule has 2 aliphatic heterocycles. The van der Waals surface area contributed by atoms with Gasteiger partial charge in [0.1, 0.15) is 36.3 Å². The van der Waals surface area contributed by atoms with Crippen molar-refractivity contribution in [3.63, 3.8) is 0 Å². The van der Waals surface area contributed by atoms with Gasteiger partial charge in [0.2, 0.25) is 5.91 Å². The lowest BCUT2D eigenvalue weighted by atomic mass is 9.90. The predicted octanol–water partition coefficient (Wildman–Crippen LogP) is 2.22. The zero-order chi connectivity index (χ0) is 25.4. The maximum absolute atomic E-state index is 13.7. The van der Waals surface area contributed by atoms with Crippen LogP contribution in [0.1, 0.15) is 17.2 Å². The number of aromatic nitrogens is 3. The minimum Gasteiger partial charge on any atom is -0.496 e. The van der Waals surface area contributed by atoms with E-state index in [0.717, 1.165) is 5.56 Å². The minimum atomic E-state index is -1.13. The summed E-state index contributed by atoms with van der Waals surface area (Å²) < 4.78 is 13.0. The second kappa shape index (κ2) is 9.75. The number of likely N-dealkylation sites (tertiary alicyclic amines) is 1. The fourth-order valence-corrected chi connectivity index (χ4v) is 5.31. The topological polar surface area (TPSA) is 110 Å². The molecule has 1 N–H and O–H groups in total. The quantitative estimate of drug-likeness (QED) is 0.350. The number of halogens is 1. The lowest BCUT2D eigenvalue weighted by Gasteiger charge is -2.41. The van der Waals surface area contributed by atoms with E-state index in [1.165, 1.54) is 36.5 Å². The summed E-state index contributed by atoms with van der Waals surface area (Å²) in [4.78, 5) is 28.3. The molecule has 0 radical (unpaired) electrons. The van der Waals surface area contributed by atoms with Crippen molar-refractivity contribution in [2.24, 2.45) is 5.92 Å². The largest absolute Gasteiger partial charge is 0.496 e. The van der Waals surface area contributed by atoms with Gasteiger partial charge >= 0.3 is 0 Å². The van der Waals surface area contributed by atoms with E-state index >= 15 is 0 Å². The van der Waals surface area contributed by atoms with Gasteiger partial charge in [-0.3, -0.25) is 19.5 Å². The molecule has 2 aromatic carbocycles. The van der Waals surface area contributed by atoms with Crippen LogP contribution in [0.25, 0.3) is 0 Å². The van der Waals surface area contributed by atoms with Crippen LogP contribution in [0.3, 0.4) is 0 Å². The molecular weight excluding hydrogens is 530 g/mol. The molecule has 4 atom stereocenters. The van der Waals surface area contributed by atoms with Gasteiger partial charge in [-0.05, 0) is 27.6 Å². The van der Waals surface area contributed by atoms with Gasteiger partial charge in [0, 0.05) is 11.6 Å². The van der Waals surface area contributed by atoms with Crippen LogP contribution < -0.4 is 14.5 Å². The van der Waals surface area contributed by atoms with Crippen molar-refractivity contribution < 1.29 is 24.2 Å². The molecule has 36 heavy (non-hydrogen) atoms. The van der Waals surface area contributed by atoms with E-state index in [0.29, 0.717) is 21.5 Å². The fraction of sp³-hybridized carbons (Fsp3) is 0.280. The van der Waals surface area contributed by atoms with Crippen LogP contribution in [0, 0.1) is 5.92 Å². The SMILES string of the molecule is COc1cc(OC)c(C(O)C2C=CC3C(=O)N(Cc4ccccc4)C(=O)C3N2n2cnnc2)cc1Br. The zero-order valence-electron chi connectivity index (χ0n) is 19.6. The van der Waals surface area contributed by atoms with E-state index in [4.69, 9.17) is 9.47 Å². The Morgan fingerprint density at radius 1 is 1.00 bits per heavy atom. The summed E-state index contributed by atoms with van der Waals surface area (Å²) in [6.07, 6.45) is 5.19. The molecule has 0 saturated carbocycles. The first-order chi connectivity index (χ1) is 17.4. The number of hydrogen-bond donors (Lipinski definition) is 1. The molecule has 1 fully saturated rings. The van der Waals surface area contributed by atoms with Gasteiger partial charge in [0.25, 0.3) is 5.91 Å². The summed E-state index contributed by atoms with van der Waals surface area (Å²) in [7, 11) is 3.04. The first-order valence-corrected chi connectivity index (χ1v) is 12.0.